The lowest BCUT2D eigenvalue weighted by Gasteiger charge is -2.11. The zero-order valence-corrected chi connectivity index (χ0v) is 14.6. The third-order valence-electron chi connectivity index (χ3n) is 3.75. The van der Waals surface area contributed by atoms with Gasteiger partial charge in [-0.1, -0.05) is 18.2 Å². The van der Waals surface area contributed by atoms with Crippen LogP contribution in [0.5, 0.6) is 5.75 Å². The SMILES string of the molecule is COC(=O)c1ccc(C)c(NCC(=O)NCc2ccc(OC)cc2)c1. The summed E-state index contributed by atoms with van der Waals surface area (Å²) in [4.78, 5) is 23.6. The summed E-state index contributed by atoms with van der Waals surface area (Å²) >= 11 is 0. The van der Waals surface area contributed by atoms with Gasteiger partial charge < -0.3 is 20.1 Å². The second-order valence-electron chi connectivity index (χ2n) is 5.50. The summed E-state index contributed by atoms with van der Waals surface area (Å²) < 4.78 is 9.80. The largest absolute Gasteiger partial charge is 0.497 e. The number of carbonyl (C=O) groups is 2. The molecule has 0 radical (unpaired) electrons. The Kier molecular flexibility index (Phi) is 6.39. The summed E-state index contributed by atoms with van der Waals surface area (Å²) in [5, 5.41) is 5.89. The molecule has 0 heterocycles. The minimum atomic E-state index is -0.410. The molecule has 25 heavy (non-hydrogen) atoms. The third kappa shape index (κ3) is 5.24. The monoisotopic (exact) mass is 342 g/mol. The van der Waals surface area contributed by atoms with Gasteiger partial charge in [-0.15, -0.1) is 0 Å². The molecular formula is C19H22N2O4. The molecule has 0 aromatic heterocycles. The number of esters is 1. The second-order valence-corrected chi connectivity index (χ2v) is 5.50. The van der Waals surface area contributed by atoms with Gasteiger partial charge in [-0.3, -0.25) is 4.79 Å². The highest BCUT2D eigenvalue weighted by Crippen LogP contribution is 2.17. The first-order valence-corrected chi connectivity index (χ1v) is 7.86. The van der Waals surface area contributed by atoms with Gasteiger partial charge in [0.2, 0.25) is 5.91 Å². The number of methoxy groups -OCH3 is 2. The molecule has 2 aromatic rings. The molecule has 2 aromatic carbocycles. The maximum absolute atomic E-state index is 12.0. The average molecular weight is 342 g/mol. The van der Waals surface area contributed by atoms with Crippen molar-refractivity contribution in [2.75, 3.05) is 26.1 Å². The first kappa shape index (κ1) is 18.3. The van der Waals surface area contributed by atoms with Gasteiger partial charge in [0.25, 0.3) is 0 Å². The lowest BCUT2D eigenvalue weighted by atomic mass is 10.1. The van der Waals surface area contributed by atoms with E-state index in [-0.39, 0.29) is 12.5 Å². The average Bonchev–Trinajstić information content (AvgIpc) is 2.65. The van der Waals surface area contributed by atoms with Crippen LogP contribution >= 0.6 is 0 Å². The Labute approximate surface area is 147 Å². The van der Waals surface area contributed by atoms with E-state index in [4.69, 9.17) is 9.47 Å². The van der Waals surface area contributed by atoms with Crippen LogP contribution in [-0.4, -0.2) is 32.6 Å². The van der Waals surface area contributed by atoms with Crippen molar-refractivity contribution in [3.63, 3.8) is 0 Å². The molecule has 2 N–H and O–H groups in total. The van der Waals surface area contributed by atoms with Crippen LogP contribution in [-0.2, 0) is 16.1 Å². The Morgan fingerprint density at radius 1 is 1.04 bits per heavy atom. The highest BCUT2D eigenvalue weighted by atomic mass is 16.5. The molecule has 0 bridgehead atoms. The van der Waals surface area contributed by atoms with Gasteiger partial charge in [0, 0.05) is 12.2 Å². The van der Waals surface area contributed by atoms with Crippen molar-refractivity contribution >= 4 is 17.6 Å². The molecule has 0 aliphatic carbocycles. The number of aryl methyl sites for hydroxylation is 1. The predicted octanol–water partition coefficient (Wildman–Crippen LogP) is 2.52. The van der Waals surface area contributed by atoms with E-state index in [1.807, 2.05) is 37.3 Å². The molecule has 6 nitrogen and oxygen atoms in total. The van der Waals surface area contributed by atoms with E-state index >= 15 is 0 Å². The van der Waals surface area contributed by atoms with Gasteiger partial charge in [-0.05, 0) is 42.3 Å². The molecule has 0 spiro atoms. The number of hydrogen-bond donors (Lipinski definition) is 2. The quantitative estimate of drug-likeness (QED) is 0.756. The summed E-state index contributed by atoms with van der Waals surface area (Å²) in [5.74, 6) is 0.225. The topological polar surface area (TPSA) is 76.7 Å². The van der Waals surface area contributed by atoms with Crippen LogP contribution in [0.4, 0.5) is 5.69 Å². The maximum atomic E-state index is 12.0. The molecule has 6 heteroatoms. The second kappa shape index (κ2) is 8.73. The van der Waals surface area contributed by atoms with E-state index < -0.39 is 5.97 Å². The van der Waals surface area contributed by atoms with Crippen molar-refractivity contribution in [1.82, 2.24) is 5.32 Å². The Morgan fingerprint density at radius 3 is 2.40 bits per heavy atom. The molecule has 2 rings (SSSR count). The van der Waals surface area contributed by atoms with E-state index in [2.05, 4.69) is 10.6 Å². The molecular weight excluding hydrogens is 320 g/mol. The van der Waals surface area contributed by atoms with Gasteiger partial charge in [0.05, 0.1) is 26.3 Å². The maximum Gasteiger partial charge on any atom is 0.337 e. The van der Waals surface area contributed by atoms with Gasteiger partial charge >= 0.3 is 5.97 Å². The summed E-state index contributed by atoms with van der Waals surface area (Å²) in [7, 11) is 2.95. The lowest BCUT2D eigenvalue weighted by molar-refractivity contribution is -0.119. The zero-order valence-electron chi connectivity index (χ0n) is 14.6. The number of amides is 1. The normalized spacial score (nSPS) is 10.0. The van der Waals surface area contributed by atoms with Crippen LogP contribution < -0.4 is 15.4 Å². The molecule has 0 saturated heterocycles. The van der Waals surface area contributed by atoms with Gasteiger partial charge in [0.15, 0.2) is 0 Å². The van der Waals surface area contributed by atoms with Crippen LogP contribution in [0.15, 0.2) is 42.5 Å². The Morgan fingerprint density at radius 2 is 1.76 bits per heavy atom. The van der Waals surface area contributed by atoms with Crippen molar-refractivity contribution in [1.29, 1.82) is 0 Å². The van der Waals surface area contributed by atoms with Crippen LogP contribution in [0.3, 0.4) is 0 Å². The summed E-state index contributed by atoms with van der Waals surface area (Å²) in [6.07, 6.45) is 0. The molecule has 0 aliphatic rings. The fourth-order valence-electron chi connectivity index (χ4n) is 2.24. The Balaban J connectivity index is 1.87. The number of benzene rings is 2. The zero-order chi connectivity index (χ0) is 18.2. The fraction of sp³-hybridized carbons (Fsp3) is 0.263. The van der Waals surface area contributed by atoms with Crippen LogP contribution in [0.2, 0.25) is 0 Å². The summed E-state index contributed by atoms with van der Waals surface area (Å²) in [5.41, 5.74) is 3.09. The van der Waals surface area contributed by atoms with Crippen molar-refractivity contribution in [3.8, 4) is 5.75 Å². The van der Waals surface area contributed by atoms with Crippen molar-refractivity contribution < 1.29 is 19.1 Å². The fourth-order valence-corrected chi connectivity index (χ4v) is 2.24. The minimum Gasteiger partial charge on any atom is -0.497 e. The van der Waals surface area contributed by atoms with E-state index in [0.29, 0.717) is 12.1 Å². The summed E-state index contributed by atoms with van der Waals surface area (Å²) in [6.45, 7) is 2.45. The van der Waals surface area contributed by atoms with Gasteiger partial charge in [-0.2, -0.15) is 0 Å². The highest BCUT2D eigenvalue weighted by Gasteiger charge is 2.09. The number of carbonyl (C=O) groups excluding carboxylic acids is 2. The number of hydrogen-bond acceptors (Lipinski definition) is 5. The standard InChI is InChI=1S/C19H22N2O4/c1-13-4-7-15(19(23)25-3)10-17(13)20-12-18(22)21-11-14-5-8-16(24-2)9-6-14/h4-10,20H,11-12H2,1-3H3,(H,21,22). The number of rotatable bonds is 7. The van der Waals surface area contributed by atoms with Crippen LogP contribution in [0.1, 0.15) is 21.5 Å². The van der Waals surface area contributed by atoms with Crippen molar-refractivity contribution in [2.24, 2.45) is 0 Å². The molecule has 1 amide bonds. The molecule has 0 atom stereocenters. The molecule has 0 fully saturated rings. The molecule has 0 saturated carbocycles. The first-order chi connectivity index (χ1) is 12.0. The number of ether oxygens (including phenoxy) is 2. The minimum absolute atomic E-state index is 0.113. The van der Waals surface area contributed by atoms with Crippen molar-refractivity contribution in [3.05, 3.63) is 59.2 Å². The smallest absolute Gasteiger partial charge is 0.337 e. The van der Waals surface area contributed by atoms with E-state index in [0.717, 1.165) is 22.6 Å². The molecule has 0 unspecified atom stereocenters. The summed E-state index contributed by atoms with van der Waals surface area (Å²) in [6, 6.07) is 12.7. The van der Waals surface area contributed by atoms with Crippen molar-refractivity contribution in [2.45, 2.75) is 13.5 Å². The van der Waals surface area contributed by atoms with E-state index in [1.165, 1.54) is 7.11 Å². The lowest BCUT2D eigenvalue weighted by Crippen LogP contribution is -2.29. The predicted molar refractivity (Wildman–Crippen MR) is 95.8 cm³/mol. The van der Waals surface area contributed by atoms with E-state index in [9.17, 15) is 9.59 Å². The third-order valence-corrected chi connectivity index (χ3v) is 3.75. The Bertz CT molecular complexity index is 742. The molecule has 132 valence electrons. The van der Waals surface area contributed by atoms with Gasteiger partial charge in [0.1, 0.15) is 5.75 Å². The Hall–Kier alpha value is -3.02. The molecule has 0 aliphatic heterocycles. The highest BCUT2D eigenvalue weighted by molar-refractivity contribution is 5.91. The van der Waals surface area contributed by atoms with Crippen LogP contribution in [0.25, 0.3) is 0 Å². The van der Waals surface area contributed by atoms with Gasteiger partial charge in [-0.25, -0.2) is 4.79 Å². The number of nitrogens with one attached hydrogen (secondary N) is 2. The first-order valence-electron chi connectivity index (χ1n) is 7.86. The van der Waals surface area contributed by atoms with Crippen LogP contribution in [0, 0.1) is 6.92 Å². The van der Waals surface area contributed by atoms with E-state index in [1.54, 1.807) is 19.2 Å². The number of anilines is 1.